The molecule has 0 spiro atoms. The van der Waals surface area contributed by atoms with Crippen LogP contribution >= 0.6 is 0 Å². The molecule has 0 amide bonds. The third-order valence-electron chi connectivity index (χ3n) is 2.96. The van der Waals surface area contributed by atoms with Crippen molar-refractivity contribution in [2.75, 3.05) is 13.7 Å². The van der Waals surface area contributed by atoms with Gasteiger partial charge in [0.2, 0.25) is 0 Å². The highest BCUT2D eigenvalue weighted by molar-refractivity contribution is 5.30. The maximum Gasteiger partial charge on any atom is 0.0973 e. The fraction of sp³-hybridized carbons (Fsp3) is 0.455. The molecule has 0 aromatic heterocycles. The van der Waals surface area contributed by atoms with E-state index in [9.17, 15) is 0 Å². The molecule has 2 rings (SSSR count). The SMILES string of the molecule is CO[C@@]1(c2ccccc2)C[C@@H]1CN. The average Bonchev–Trinajstić information content (AvgIpc) is 2.94. The topological polar surface area (TPSA) is 35.2 Å². The summed E-state index contributed by atoms with van der Waals surface area (Å²) >= 11 is 0. The van der Waals surface area contributed by atoms with E-state index >= 15 is 0 Å². The number of benzene rings is 1. The van der Waals surface area contributed by atoms with E-state index in [1.54, 1.807) is 7.11 Å². The molecule has 1 aromatic rings. The van der Waals surface area contributed by atoms with E-state index in [0.717, 1.165) is 6.42 Å². The minimum absolute atomic E-state index is 0.0734. The molecule has 2 atom stereocenters. The Kier molecular flexibility index (Phi) is 2.10. The lowest BCUT2D eigenvalue weighted by atomic mass is 10.1. The second-order valence-electron chi connectivity index (χ2n) is 3.60. The van der Waals surface area contributed by atoms with Crippen LogP contribution in [-0.2, 0) is 10.3 Å². The molecule has 1 aliphatic carbocycles. The van der Waals surface area contributed by atoms with Crippen molar-refractivity contribution in [3.63, 3.8) is 0 Å². The minimum Gasteiger partial charge on any atom is -0.373 e. The summed E-state index contributed by atoms with van der Waals surface area (Å²) < 4.78 is 5.56. The molecule has 0 unspecified atom stereocenters. The van der Waals surface area contributed by atoms with Gasteiger partial charge in [0.15, 0.2) is 0 Å². The van der Waals surface area contributed by atoms with Gasteiger partial charge in [0.25, 0.3) is 0 Å². The molecular weight excluding hydrogens is 162 g/mol. The predicted octanol–water partition coefficient (Wildman–Crippen LogP) is 1.51. The fourth-order valence-corrected chi connectivity index (χ4v) is 2.02. The van der Waals surface area contributed by atoms with Gasteiger partial charge in [-0.1, -0.05) is 30.3 Å². The van der Waals surface area contributed by atoms with E-state index in [1.165, 1.54) is 5.56 Å². The van der Waals surface area contributed by atoms with Crippen LogP contribution in [0.3, 0.4) is 0 Å². The summed E-state index contributed by atoms with van der Waals surface area (Å²) in [5.41, 5.74) is 6.83. The molecule has 0 radical (unpaired) electrons. The van der Waals surface area contributed by atoms with Crippen LogP contribution in [0.5, 0.6) is 0 Å². The van der Waals surface area contributed by atoms with Crippen molar-refractivity contribution >= 4 is 0 Å². The summed E-state index contributed by atoms with van der Waals surface area (Å²) in [4.78, 5) is 0. The van der Waals surface area contributed by atoms with E-state index in [-0.39, 0.29) is 5.60 Å². The Bertz CT molecular complexity index is 285. The summed E-state index contributed by atoms with van der Waals surface area (Å²) in [5.74, 6) is 0.500. The van der Waals surface area contributed by atoms with Crippen LogP contribution in [0.2, 0.25) is 0 Å². The lowest BCUT2D eigenvalue weighted by Gasteiger charge is -2.15. The van der Waals surface area contributed by atoms with E-state index in [2.05, 4.69) is 12.1 Å². The van der Waals surface area contributed by atoms with Gasteiger partial charge in [-0.3, -0.25) is 0 Å². The second kappa shape index (κ2) is 3.13. The van der Waals surface area contributed by atoms with Gasteiger partial charge in [-0.2, -0.15) is 0 Å². The normalized spacial score (nSPS) is 31.7. The molecule has 1 aliphatic rings. The first-order valence-corrected chi connectivity index (χ1v) is 4.64. The van der Waals surface area contributed by atoms with Crippen molar-refractivity contribution < 1.29 is 4.74 Å². The molecule has 1 saturated carbocycles. The molecule has 13 heavy (non-hydrogen) atoms. The molecule has 2 nitrogen and oxygen atoms in total. The van der Waals surface area contributed by atoms with Crippen LogP contribution in [-0.4, -0.2) is 13.7 Å². The van der Waals surface area contributed by atoms with Crippen molar-refractivity contribution in [3.8, 4) is 0 Å². The molecular formula is C11H15NO. The number of methoxy groups -OCH3 is 1. The highest BCUT2D eigenvalue weighted by Crippen LogP contribution is 2.53. The Labute approximate surface area is 78.7 Å². The number of ether oxygens (including phenoxy) is 1. The lowest BCUT2D eigenvalue weighted by Crippen LogP contribution is -2.17. The summed E-state index contributed by atoms with van der Waals surface area (Å²) in [6.45, 7) is 0.711. The van der Waals surface area contributed by atoms with Gasteiger partial charge in [0, 0.05) is 13.0 Å². The summed E-state index contributed by atoms with van der Waals surface area (Å²) in [6.07, 6.45) is 1.06. The van der Waals surface area contributed by atoms with Gasteiger partial charge < -0.3 is 10.5 Å². The van der Waals surface area contributed by atoms with Gasteiger partial charge in [-0.25, -0.2) is 0 Å². The van der Waals surface area contributed by atoms with Crippen molar-refractivity contribution in [2.45, 2.75) is 12.0 Å². The van der Waals surface area contributed by atoms with Crippen LogP contribution in [0, 0.1) is 5.92 Å². The fourth-order valence-electron chi connectivity index (χ4n) is 2.02. The smallest absolute Gasteiger partial charge is 0.0973 e. The van der Waals surface area contributed by atoms with Crippen LogP contribution in [0.25, 0.3) is 0 Å². The van der Waals surface area contributed by atoms with Crippen molar-refractivity contribution in [1.29, 1.82) is 0 Å². The minimum atomic E-state index is -0.0734. The number of rotatable bonds is 3. The summed E-state index contributed by atoms with van der Waals surface area (Å²) in [5, 5.41) is 0. The highest BCUT2D eigenvalue weighted by atomic mass is 16.5. The summed E-state index contributed by atoms with van der Waals surface area (Å²) in [6, 6.07) is 10.3. The van der Waals surface area contributed by atoms with Crippen molar-refractivity contribution in [3.05, 3.63) is 35.9 Å². The Morgan fingerprint density at radius 3 is 2.62 bits per heavy atom. The van der Waals surface area contributed by atoms with E-state index in [4.69, 9.17) is 10.5 Å². The van der Waals surface area contributed by atoms with Crippen LogP contribution in [0.1, 0.15) is 12.0 Å². The molecule has 0 saturated heterocycles. The standard InChI is InChI=1S/C11H15NO/c1-13-11(7-10(11)8-12)9-5-3-2-4-6-9/h2-6,10H,7-8,12H2,1H3/t10-,11-/m1/s1. The molecule has 2 heteroatoms. The Balaban J connectivity index is 2.25. The zero-order chi connectivity index (χ0) is 9.31. The quantitative estimate of drug-likeness (QED) is 0.759. The number of hydrogen-bond acceptors (Lipinski definition) is 2. The number of hydrogen-bond donors (Lipinski definition) is 1. The average molecular weight is 177 g/mol. The molecule has 2 N–H and O–H groups in total. The third kappa shape index (κ3) is 1.26. The zero-order valence-corrected chi connectivity index (χ0v) is 7.86. The Hall–Kier alpha value is -0.860. The van der Waals surface area contributed by atoms with Crippen LogP contribution < -0.4 is 5.73 Å². The van der Waals surface area contributed by atoms with Gasteiger partial charge in [-0.15, -0.1) is 0 Å². The lowest BCUT2D eigenvalue weighted by molar-refractivity contribution is 0.0645. The molecule has 0 heterocycles. The van der Waals surface area contributed by atoms with Crippen molar-refractivity contribution in [2.24, 2.45) is 11.7 Å². The Morgan fingerprint density at radius 1 is 1.46 bits per heavy atom. The first-order chi connectivity index (χ1) is 6.33. The maximum absolute atomic E-state index is 5.64. The van der Waals surface area contributed by atoms with E-state index < -0.39 is 0 Å². The molecule has 0 aliphatic heterocycles. The van der Waals surface area contributed by atoms with Gasteiger partial charge in [-0.05, 0) is 18.5 Å². The predicted molar refractivity (Wildman–Crippen MR) is 52.3 cm³/mol. The van der Waals surface area contributed by atoms with Gasteiger partial charge in [0.05, 0.1) is 5.60 Å². The van der Waals surface area contributed by atoms with Crippen LogP contribution in [0.4, 0.5) is 0 Å². The highest BCUT2D eigenvalue weighted by Gasteiger charge is 2.55. The zero-order valence-electron chi connectivity index (χ0n) is 7.86. The summed E-state index contributed by atoms with van der Waals surface area (Å²) in [7, 11) is 1.77. The first kappa shape index (κ1) is 8.73. The second-order valence-corrected chi connectivity index (χ2v) is 3.60. The van der Waals surface area contributed by atoms with Gasteiger partial charge in [0.1, 0.15) is 0 Å². The van der Waals surface area contributed by atoms with Crippen molar-refractivity contribution in [1.82, 2.24) is 0 Å². The van der Waals surface area contributed by atoms with Crippen LogP contribution in [0.15, 0.2) is 30.3 Å². The molecule has 1 aromatic carbocycles. The number of nitrogens with two attached hydrogens (primary N) is 1. The monoisotopic (exact) mass is 177 g/mol. The maximum atomic E-state index is 5.64. The van der Waals surface area contributed by atoms with E-state index in [1.807, 2.05) is 18.2 Å². The first-order valence-electron chi connectivity index (χ1n) is 4.64. The van der Waals surface area contributed by atoms with Gasteiger partial charge >= 0.3 is 0 Å². The third-order valence-corrected chi connectivity index (χ3v) is 2.96. The van der Waals surface area contributed by atoms with E-state index in [0.29, 0.717) is 12.5 Å². The molecule has 1 fully saturated rings. The molecule has 0 bridgehead atoms. The largest absolute Gasteiger partial charge is 0.373 e. The molecule has 70 valence electrons. The Morgan fingerprint density at radius 2 is 2.15 bits per heavy atom.